The predicted molar refractivity (Wildman–Crippen MR) is 88.7 cm³/mol. The van der Waals surface area contributed by atoms with E-state index in [2.05, 4.69) is 0 Å². The summed E-state index contributed by atoms with van der Waals surface area (Å²) in [5.41, 5.74) is -0.652. The lowest BCUT2D eigenvalue weighted by molar-refractivity contribution is -0.396. The van der Waals surface area contributed by atoms with Gasteiger partial charge in [0.25, 0.3) is 11.4 Å². The van der Waals surface area contributed by atoms with Crippen LogP contribution in [-0.2, 0) is 4.18 Å². The smallest absolute Gasteiger partial charge is 0.292 e. The molecule has 0 N–H and O–H groups in total. The van der Waals surface area contributed by atoms with Gasteiger partial charge in [-0.25, -0.2) is 0 Å². The Labute approximate surface area is 140 Å². The average molecular weight is 352 g/mol. The highest BCUT2D eigenvalue weighted by atomic mass is 32.2. The summed E-state index contributed by atoms with van der Waals surface area (Å²) in [7, 11) is 0. The first-order valence-electron chi connectivity index (χ1n) is 6.48. The van der Waals surface area contributed by atoms with Crippen molar-refractivity contribution in [3.63, 3.8) is 0 Å². The van der Waals surface area contributed by atoms with Crippen molar-refractivity contribution in [1.29, 1.82) is 0 Å². The molecule has 9 heteroatoms. The van der Waals surface area contributed by atoms with Gasteiger partial charge in [-0.15, -0.1) is 11.8 Å². The maximum absolute atomic E-state index is 11.0. The highest BCUT2D eigenvalue weighted by Gasteiger charge is 2.20. The molecule has 0 saturated carbocycles. The average Bonchev–Trinajstić information content (AvgIpc) is 2.55. The van der Waals surface area contributed by atoms with Gasteiger partial charge in [0, 0.05) is 28.8 Å². The fourth-order valence-corrected chi connectivity index (χ4v) is 3.14. The molecule has 0 aliphatic heterocycles. The third-order valence-corrected chi connectivity index (χ3v) is 4.46. The van der Waals surface area contributed by atoms with Crippen molar-refractivity contribution < 1.29 is 14.0 Å². The number of hydrogen-bond donors (Lipinski definition) is 0. The molecule has 120 valence electrons. The number of non-ortho nitro benzene ring substituents is 1. The van der Waals surface area contributed by atoms with Gasteiger partial charge >= 0.3 is 0 Å². The highest BCUT2D eigenvalue weighted by Crippen LogP contribution is 2.33. The Morgan fingerprint density at radius 2 is 1.74 bits per heavy atom. The SMILES string of the molecule is O=[N+]([O-])c1ccc(SOCCSc2ccccc2)c([N+](=O)[O-])c1. The molecule has 0 aromatic heterocycles. The van der Waals surface area contributed by atoms with Crippen molar-refractivity contribution >= 4 is 35.2 Å². The number of nitro groups is 2. The number of benzene rings is 2. The molecule has 0 heterocycles. The Morgan fingerprint density at radius 1 is 1.00 bits per heavy atom. The molecule has 0 bridgehead atoms. The Morgan fingerprint density at radius 3 is 2.39 bits per heavy atom. The largest absolute Gasteiger partial charge is 0.309 e. The quantitative estimate of drug-likeness (QED) is 0.229. The normalized spacial score (nSPS) is 10.4. The summed E-state index contributed by atoms with van der Waals surface area (Å²) in [4.78, 5) is 21.7. The van der Waals surface area contributed by atoms with Crippen LogP contribution in [0.15, 0.2) is 58.3 Å². The van der Waals surface area contributed by atoms with E-state index in [-0.39, 0.29) is 16.3 Å². The monoisotopic (exact) mass is 352 g/mol. The van der Waals surface area contributed by atoms with E-state index in [4.69, 9.17) is 4.18 Å². The Hall–Kier alpha value is -2.10. The van der Waals surface area contributed by atoms with Gasteiger partial charge in [0.1, 0.15) is 4.90 Å². The zero-order chi connectivity index (χ0) is 16.7. The molecule has 0 aliphatic carbocycles. The van der Waals surface area contributed by atoms with Crippen molar-refractivity contribution in [3.05, 3.63) is 68.8 Å². The van der Waals surface area contributed by atoms with Crippen molar-refractivity contribution in [2.75, 3.05) is 12.4 Å². The maximum atomic E-state index is 11.0. The van der Waals surface area contributed by atoms with E-state index in [1.165, 1.54) is 12.1 Å². The van der Waals surface area contributed by atoms with Crippen LogP contribution in [-0.4, -0.2) is 22.2 Å². The molecule has 0 amide bonds. The molecular weight excluding hydrogens is 340 g/mol. The van der Waals surface area contributed by atoms with Gasteiger partial charge in [-0.05, 0) is 18.2 Å². The number of hydrogen-bond acceptors (Lipinski definition) is 7. The van der Waals surface area contributed by atoms with Gasteiger partial charge in [0.15, 0.2) is 0 Å². The lowest BCUT2D eigenvalue weighted by Crippen LogP contribution is -1.96. The summed E-state index contributed by atoms with van der Waals surface area (Å²) in [6, 6.07) is 13.3. The van der Waals surface area contributed by atoms with Crippen molar-refractivity contribution in [2.45, 2.75) is 9.79 Å². The molecule has 0 saturated heterocycles. The minimum atomic E-state index is -0.668. The summed E-state index contributed by atoms with van der Waals surface area (Å²) < 4.78 is 5.35. The van der Waals surface area contributed by atoms with Crippen LogP contribution in [0.25, 0.3) is 0 Å². The van der Waals surface area contributed by atoms with Gasteiger partial charge in [0.2, 0.25) is 0 Å². The second-order valence-electron chi connectivity index (χ2n) is 4.23. The highest BCUT2D eigenvalue weighted by molar-refractivity contribution is 7.99. The molecule has 0 fully saturated rings. The lowest BCUT2D eigenvalue weighted by Gasteiger charge is -2.04. The van der Waals surface area contributed by atoms with E-state index in [9.17, 15) is 20.2 Å². The first-order valence-corrected chi connectivity index (χ1v) is 8.21. The van der Waals surface area contributed by atoms with Gasteiger partial charge in [-0.2, -0.15) is 0 Å². The summed E-state index contributed by atoms with van der Waals surface area (Å²) in [5, 5.41) is 21.6. The van der Waals surface area contributed by atoms with Gasteiger partial charge in [0.05, 0.1) is 22.5 Å². The standard InChI is InChI=1S/C14H12N2O5S2/c17-15(18)11-6-7-14(13(10-11)16(19)20)23-21-8-9-22-12-4-2-1-3-5-12/h1-7,10H,8-9H2. The van der Waals surface area contributed by atoms with E-state index in [0.29, 0.717) is 12.4 Å². The molecule has 7 nitrogen and oxygen atoms in total. The Bertz CT molecular complexity index is 697. The fraction of sp³-hybridized carbons (Fsp3) is 0.143. The topological polar surface area (TPSA) is 95.5 Å². The zero-order valence-corrected chi connectivity index (χ0v) is 13.4. The molecule has 0 unspecified atom stereocenters. The van der Waals surface area contributed by atoms with Crippen molar-refractivity contribution in [1.82, 2.24) is 0 Å². The number of thioether (sulfide) groups is 1. The molecule has 2 aromatic carbocycles. The van der Waals surface area contributed by atoms with Gasteiger partial charge < -0.3 is 4.18 Å². The molecule has 23 heavy (non-hydrogen) atoms. The van der Waals surface area contributed by atoms with Crippen molar-refractivity contribution in [2.24, 2.45) is 0 Å². The molecule has 0 aliphatic rings. The summed E-state index contributed by atoms with van der Waals surface area (Å²) in [6.45, 7) is 0.387. The Kier molecular flexibility index (Phi) is 6.39. The van der Waals surface area contributed by atoms with Crippen LogP contribution in [0.5, 0.6) is 0 Å². The molecule has 0 atom stereocenters. The summed E-state index contributed by atoms with van der Waals surface area (Å²) >= 11 is 2.46. The molecule has 0 radical (unpaired) electrons. The van der Waals surface area contributed by atoms with Crippen LogP contribution < -0.4 is 0 Å². The van der Waals surface area contributed by atoms with Crippen LogP contribution in [0.2, 0.25) is 0 Å². The molecule has 2 aromatic rings. The predicted octanol–water partition coefficient (Wildman–Crippen LogP) is 4.32. The van der Waals surface area contributed by atoms with Gasteiger partial charge in [-0.3, -0.25) is 20.2 Å². The van der Waals surface area contributed by atoms with Crippen LogP contribution in [0.3, 0.4) is 0 Å². The van der Waals surface area contributed by atoms with E-state index < -0.39 is 9.85 Å². The number of rotatable bonds is 8. The van der Waals surface area contributed by atoms with E-state index in [1.807, 2.05) is 30.3 Å². The van der Waals surface area contributed by atoms with Crippen LogP contribution >= 0.6 is 23.8 Å². The fourth-order valence-electron chi connectivity index (χ4n) is 1.65. The number of nitro benzene ring substituents is 2. The minimum absolute atomic E-state index is 0.241. The zero-order valence-electron chi connectivity index (χ0n) is 11.8. The molecule has 2 rings (SSSR count). The first-order chi connectivity index (χ1) is 11.1. The maximum Gasteiger partial charge on any atom is 0.292 e. The third-order valence-electron chi connectivity index (χ3n) is 2.68. The van der Waals surface area contributed by atoms with Crippen molar-refractivity contribution in [3.8, 4) is 0 Å². The Balaban J connectivity index is 1.87. The number of nitrogens with zero attached hydrogens (tertiary/aromatic N) is 2. The second kappa shape index (κ2) is 8.51. The minimum Gasteiger partial charge on any atom is -0.309 e. The van der Waals surface area contributed by atoms with Crippen LogP contribution in [0.1, 0.15) is 0 Å². The summed E-state index contributed by atoms with van der Waals surface area (Å²) in [6.07, 6.45) is 0. The van der Waals surface area contributed by atoms with E-state index >= 15 is 0 Å². The summed E-state index contributed by atoms with van der Waals surface area (Å²) in [5.74, 6) is 0.692. The van der Waals surface area contributed by atoms with E-state index in [1.54, 1.807) is 11.8 Å². The van der Waals surface area contributed by atoms with Crippen LogP contribution in [0.4, 0.5) is 11.4 Å². The molecular formula is C14H12N2O5S2. The first kappa shape index (κ1) is 17.3. The second-order valence-corrected chi connectivity index (χ2v) is 6.24. The van der Waals surface area contributed by atoms with Crippen LogP contribution in [0, 0.1) is 20.2 Å². The van der Waals surface area contributed by atoms with Gasteiger partial charge in [-0.1, -0.05) is 18.2 Å². The molecule has 0 spiro atoms. The lowest BCUT2D eigenvalue weighted by atomic mass is 10.3. The third kappa shape index (κ3) is 5.23. The van der Waals surface area contributed by atoms with E-state index in [0.717, 1.165) is 23.0 Å².